The first-order valence-corrected chi connectivity index (χ1v) is 21.8. The number of rotatable bonds is 3. The van der Waals surface area contributed by atoms with Gasteiger partial charge in [0.05, 0.1) is 73.8 Å². The third kappa shape index (κ3) is 25.7. The van der Waals surface area contributed by atoms with Gasteiger partial charge >= 0.3 is 11.9 Å². The zero-order valence-corrected chi connectivity index (χ0v) is 36.5. The van der Waals surface area contributed by atoms with Crippen molar-refractivity contribution in [3.8, 4) is 0 Å². The smallest absolute Gasteiger partial charge is 0.308 e. The molecule has 0 aromatic carbocycles. The molecule has 1 fully saturated rings. The maximum absolute atomic E-state index is 12.2. The Kier molecular flexibility index (Phi) is 29.5. The summed E-state index contributed by atoms with van der Waals surface area (Å²) >= 11 is 0. The number of aliphatic carboxylic acids is 1. The van der Waals surface area contributed by atoms with E-state index in [0.717, 1.165) is 0 Å². The lowest BCUT2D eigenvalue weighted by Crippen LogP contribution is -2.61. The number of ether oxygens (including phenoxy) is 3. The van der Waals surface area contributed by atoms with E-state index in [2.05, 4.69) is 0 Å². The van der Waals surface area contributed by atoms with Gasteiger partial charge in [0.2, 0.25) is 0 Å². The van der Waals surface area contributed by atoms with E-state index in [-0.39, 0.29) is 77.2 Å². The first-order chi connectivity index (χ1) is 29.5. The highest BCUT2D eigenvalue weighted by molar-refractivity contribution is 5.70. The van der Waals surface area contributed by atoms with E-state index in [4.69, 9.17) is 19.9 Å². The molecule has 354 valence electrons. The summed E-state index contributed by atoms with van der Waals surface area (Å²) in [5.74, 6) is -5.31. The van der Waals surface area contributed by atoms with Crippen molar-refractivity contribution >= 4 is 11.9 Å². The van der Waals surface area contributed by atoms with Crippen LogP contribution in [0.3, 0.4) is 0 Å². The summed E-state index contributed by atoms with van der Waals surface area (Å²) in [6.45, 7) is 5.55. The molecule has 12 atom stereocenters. The van der Waals surface area contributed by atoms with Gasteiger partial charge in [0, 0.05) is 19.3 Å². The summed E-state index contributed by atoms with van der Waals surface area (Å²) in [6.07, 6.45) is 13.9. The largest absolute Gasteiger partial charge is 0.481 e. The Bertz CT molecular complexity index is 1440. The standard InChI is InChI=1S/C44H69NO15.C2H6/c1-30-40(52)39(45)41(53)43(59-30)60-37-16-14-12-10-8-6-4-2-3-5-7-9-11-13-15-32(46)24-26-58-38(51)28-36(50)27-34(48)20-18-33(47)19-21-35(49)29-44(56,57)25-23-31(17-22-37)42(54)55;1-2/h2-14,16,30-37,39-41,43,46-50,52-53,56-57H,15,17-29,45H2,1H3,(H,54,55);1-2H3/b4-2+,5-3+,8-6+,9-7+,12-10+,13-11+,16-14+;/t30?,31-,32+,33+,34+,35-,36+,37-,39?,40?,41?,43?;/m0./s1. The second-order valence-electron chi connectivity index (χ2n) is 15.6. The van der Waals surface area contributed by atoms with Gasteiger partial charge in [0.25, 0.3) is 0 Å². The van der Waals surface area contributed by atoms with Crippen LogP contribution in [0.15, 0.2) is 85.1 Å². The molecule has 0 aromatic rings. The summed E-state index contributed by atoms with van der Waals surface area (Å²) in [7, 11) is 0. The molecule has 0 amide bonds. The van der Waals surface area contributed by atoms with Crippen molar-refractivity contribution in [2.45, 2.75) is 177 Å². The van der Waals surface area contributed by atoms with E-state index in [1.54, 1.807) is 61.6 Å². The minimum absolute atomic E-state index is 0.0168. The second-order valence-corrected chi connectivity index (χ2v) is 15.6. The molecule has 0 aromatic heterocycles. The van der Waals surface area contributed by atoms with Gasteiger partial charge in [0.1, 0.15) is 6.10 Å². The van der Waals surface area contributed by atoms with E-state index >= 15 is 0 Å². The number of allylic oxidation sites excluding steroid dienone is 12. The average molecular weight is 882 g/mol. The number of carbonyl (C=O) groups excluding carboxylic acids is 1. The topological polar surface area (TPSA) is 290 Å². The van der Waals surface area contributed by atoms with E-state index in [9.17, 15) is 60.7 Å². The van der Waals surface area contributed by atoms with Gasteiger partial charge in [-0.05, 0) is 64.7 Å². The Morgan fingerprint density at radius 2 is 1.24 bits per heavy atom. The molecule has 0 spiro atoms. The summed E-state index contributed by atoms with van der Waals surface area (Å²) in [5.41, 5.74) is 5.98. The molecule has 16 nitrogen and oxygen atoms in total. The van der Waals surface area contributed by atoms with Crippen LogP contribution in [0.4, 0.5) is 0 Å². The zero-order valence-electron chi connectivity index (χ0n) is 36.5. The molecular formula is C46H75NO15. The van der Waals surface area contributed by atoms with E-state index < -0.39 is 97.3 Å². The monoisotopic (exact) mass is 882 g/mol. The molecule has 62 heavy (non-hydrogen) atoms. The minimum Gasteiger partial charge on any atom is -0.481 e. The summed E-state index contributed by atoms with van der Waals surface area (Å²) in [4.78, 5) is 24.4. The Labute approximate surface area is 366 Å². The number of aliphatic hydroxyl groups is 9. The highest BCUT2D eigenvalue weighted by Crippen LogP contribution is 2.27. The van der Waals surface area contributed by atoms with Gasteiger partial charge < -0.3 is 71.0 Å². The Morgan fingerprint density at radius 3 is 1.84 bits per heavy atom. The van der Waals surface area contributed by atoms with Crippen molar-refractivity contribution in [2.75, 3.05) is 6.61 Å². The normalized spacial score (nSPS) is 37.5. The Hall–Kier alpha value is -3.36. The fourth-order valence-corrected chi connectivity index (χ4v) is 6.56. The van der Waals surface area contributed by atoms with Crippen LogP contribution in [0.25, 0.3) is 0 Å². The van der Waals surface area contributed by atoms with Crippen LogP contribution in [0.1, 0.15) is 104 Å². The highest BCUT2D eigenvalue weighted by atomic mass is 16.7. The zero-order chi connectivity index (χ0) is 46.5. The maximum atomic E-state index is 12.2. The van der Waals surface area contributed by atoms with Crippen molar-refractivity contribution in [1.29, 1.82) is 0 Å². The van der Waals surface area contributed by atoms with E-state index in [1.807, 2.05) is 44.2 Å². The van der Waals surface area contributed by atoms with E-state index in [0.29, 0.717) is 6.42 Å². The molecule has 0 bridgehead atoms. The van der Waals surface area contributed by atoms with Crippen LogP contribution in [-0.4, -0.2) is 143 Å². The van der Waals surface area contributed by atoms with Crippen LogP contribution < -0.4 is 5.73 Å². The van der Waals surface area contributed by atoms with E-state index in [1.165, 1.54) is 0 Å². The summed E-state index contributed by atoms with van der Waals surface area (Å²) in [5, 5.41) is 104. The lowest BCUT2D eigenvalue weighted by molar-refractivity contribution is -0.276. The van der Waals surface area contributed by atoms with Crippen molar-refractivity contribution in [1.82, 2.24) is 0 Å². The van der Waals surface area contributed by atoms with Gasteiger partial charge in [-0.15, -0.1) is 0 Å². The number of carboxylic acid groups (broad SMARTS) is 1. The molecule has 1 saturated heterocycles. The summed E-state index contributed by atoms with van der Waals surface area (Å²) < 4.78 is 16.8. The molecule has 0 radical (unpaired) electrons. The number of aliphatic hydroxyl groups excluding tert-OH is 7. The van der Waals surface area contributed by atoms with Gasteiger partial charge in [-0.3, -0.25) is 9.59 Å². The summed E-state index contributed by atoms with van der Waals surface area (Å²) in [6, 6.07) is -1.04. The second kappa shape index (κ2) is 32.3. The highest BCUT2D eigenvalue weighted by Gasteiger charge is 2.42. The van der Waals surface area contributed by atoms with Crippen LogP contribution in [0, 0.1) is 5.92 Å². The molecule has 0 saturated carbocycles. The van der Waals surface area contributed by atoms with Gasteiger partial charge in [-0.25, -0.2) is 0 Å². The maximum Gasteiger partial charge on any atom is 0.308 e. The average Bonchev–Trinajstić information content (AvgIpc) is 3.21. The molecule has 2 rings (SSSR count). The molecule has 2 aliphatic rings. The number of cyclic esters (lactones) is 1. The number of hydrogen-bond donors (Lipinski definition) is 11. The van der Waals surface area contributed by atoms with Crippen molar-refractivity contribution < 1.29 is 74.9 Å². The minimum atomic E-state index is -2.42. The lowest BCUT2D eigenvalue weighted by atomic mass is 9.91. The number of carbonyl (C=O) groups is 2. The third-order valence-electron chi connectivity index (χ3n) is 10.2. The van der Waals surface area contributed by atoms with Crippen molar-refractivity contribution in [3.05, 3.63) is 85.1 Å². The molecular weight excluding hydrogens is 806 g/mol. The first kappa shape index (κ1) is 56.7. The van der Waals surface area contributed by atoms with Crippen molar-refractivity contribution in [2.24, 2.45) is 11.7 Å². The fourth-order valence-electron chi connectivity index (χ4n) is 6.56. The number of nitrogens with two attached hydrogens (primary N) is 1. The first-order valence-electron chi connectivity index (χ1n) is 21.8. The fraction of sp³-hybridized carbons (Fsp3) is 0.652. The molecule has 2 heterocycles. The van der Waals surface area contributed by atoms with Gasteiger partial charge in [-0.2, -0.15) is 0 Å². The lowest BCUT2D eigenvalue weighted by Gasteiger charge is -2.40. The van der Waals surface area contributed by atoms with Crippen LogP contribution in [0.2, 0.25) is 0 Å². The number of carboxylic acids is 1. The van der Waals surface area contributed by atoms with Crippen LogP contribution >= 0.6 is 0 Å². The predicted octanol–water partition coefficient (Wildman–Crippen LogP) is 2.90. The molecule has 16 heteroatoms. The molecule has 12 N–H and O–H groups in total. The van der Waals surface area contributed by atoms with Crippen LogP contribution in [-0.2, 0) is 23.8 Å². The number of hydrogen-bond acceptors (Lipinski definition) is 15. The van der Waals surface area contributed by atoms with Crippen molar-refractivity contribution in [3.63, 3.8) is 0 Å². The predicted molar refractivity (Wildman–Crippen MR) is 234 cm³/mol. The van der Waals surface area contributed by atoms with Crippen LogP contribution in [0.5, 0.6) is 0 Å². The number of esters is 1. The SMILES string of the molecule is CC.CC1OC(O[C@H]2/C=C/C=C/C=C/C=C/C=C/C=C/C=C/C[C@@H](O)CCOC(=O)C[C@H](O)C[C@H](O)CC[C@@H](O)CC[C@H](O)CC(O)(O)CC[C@@H](C(=O)O)CC2)C(O)C(N)C1O. The van der Waals surface area contributed by atoms with Gasteiger partial charge in [0.15, 0.2) is 12.1 Å². The Morgan fingerprint density at radius 1 is 0.694 bits per heavy atom. The van der Waals surface area contributed by atoms with Gasteiger partial charge in [-0.1, -0.05) is 98.9 Å². The Balaban J connectivity index is 0.00000946. The molecule has 0 aliphatic carbocycles. The molecule has 2 aliphatic heterocycles. The molecule has 5 unspecified atom stereocenters. The quantitative estimate of drug-likeness (QED) is 0.144. The third-order valence-corrected chi connectivity index (χ3v) is 10.2.